The van der Waals surface area contributed by atoms with Crippen LogP contribution < -0.4 is 0 Å². The van der Waals surface area contributed by atoms with Crippen LogP contribution in [0.3, 0.4) is 0 Å². The molecule has 0 radical (unpaired) electrons. The third kappa shape index (κ3) is 4.33. The quantitative estimate of drug-likeness (QED) is 0.450. The summed E-state index contributed by atoms with van der Waals surface area (Å²) in [7, 11) is 0. The topological polar surface area (TPSA) is 35.5 Å². The number of carbonyl (C=O) groups excluding carboxylic acids is 1. The van der Waals surface area contributed by atoms with E-state index < -0.39 is 11.7 Å². The molecule has 0 aromatic rings. The van der Waals surface area contributed by atoms with Gasteiger partial charge < -0.3 is 9.47 Å². The van der Waals surface area contributed by atoms with Crippen molar-refractivity contribution in [3.8, 4) is 0 Å². The van der Waals surface area contributed by atoms with Crippen LogP contribution in [0.15, 0.2) is 0 Å². The molecular weight excluding hydrogens is 300 g/mol. The van der Waals surface area contributed by atoms with Gasteiger partial charge in [0.1, 0.15) is 0 Å². The van der Waals surface area contributed by atoms with Crippen molar-refractivity contribution >= 4 is 5.97 Å². The lowest BCUT2D eigenvalue weighted by Crippen LogP contribution is -2.42. The summed E-state index contributed by atoms with van der Waals surface area (Å²) in [6, 6.07) is 0. The van der Waals surface area contributed by atoms with E-state index in [1.54, 1.807) is 0 Å². The van der Waals surface area contributed by atoms with Gasteiger partial charge in [0.25, 0.3) is 0 Å². The second kappa shape index (κ2) is 7.35. The highest BCUT2D eigenvalue weighted by atomic mass is 16.7. The van der Waals surface area contributed by atoms with E-state index in [-0.39, 0.29) is 17.3 Å². The lowest BCUT2D eigenvalue weighted by molar-refractivity contribution is -0.204. The number of rotatable bonds is 7. The molecular formula is C21H38O3. The average Bonchev–Trinajstić information content (AvgIpc) is 3.05. The van der Waals surface area contributed by atoms with E-state index in [0.29, 0.717) is 12.0 Å². The van der Waals surface area contributed by atoms with Crippen LogP contribution >= 0.6 is 0 Å². The van der Waals surface area contributed by atoms with E-state index in [1.807, 2.05) is 6.92 Å². The predicted octanol–water partition coefficient (Wildman–Crippen LogP) is 5.57. The monoisotopic (exact) mass is 338 g/mol. The van der Waals surface area contributed by atoms with Crippen LogP contribution in [0.2, 0.25) is 0 Å². The van der Waals surface area contributed by atoms with Gasteiger partial charge in [-0.3, -0.25) is 4.79 Å². The number of ether oxygens (including phenoxy) is 2. The first kappa shape index (κ1) is 19.8. The Morgan fingerprint density at radius 3 is 2.21 bits per heavy atom. The molecule has 3 nitrogen and oxygen atoms in total. The molecule has 0 heterocycles. The maximum absolute atomic E-state index is 13.1. The van der Waals surface area contributed by atoms with Crippen molar-refractivity contribution in [1.29, 1.82) is 0 Å². The molecule has 0 saturated heterocycles. The Morgan fingerprint density at radius 2 is 1.79 bits per heavy atom. The first-order chi connectivity index (χ1) is 11.1. The van der Waals surface area contributed by atoms with E-state index in [0.717, 1.165) is 25.2 Å². The molecule has 3 heteroatoms. The third-order valence-electron chi connectivity index (χ3n) is 6.30. The highest BCUT2D eigenvalue weighted by Gasteiger charge is 2.46. The summed E-state index contributed by atoms with van der Waals surface area (Å²) < 4.78 is 11.9. The number of fused-ring (bicyclic) bond motifs is 2. The minimum atomic E-state index is -0.438. The van der Waals surface area contributed by atoms with Gasteiger partial charge in [0.05, 0.1) is 11.5 Å². The zero-order valence-corrected chi connectivity index (χ0v) is 16.9. The molecule has 2 fully saturated rings. The first-order valence-corrected chi connectivity index (χ1v) is 9.94. The van der Waals surface area contributed by atoms with Crippen molar-refractivity contribution in [2.45, 2.75) is 99.4 Å². The van der Waals surface area contributed by atoms with Crippen molar-refractivity contribution in [2.24, 2.45) is 28.6 Å². The zero-order valence-electron chi connectivity index (χ0n) is 16.9. The fraction of sp³-hybridized carbons (Fsp3) is 0.952. The van der Waals surface area contributed by atoms with Crippen LogP contribution in [-0.2, 0) is 14.3 Å². The van der Waals surface area contributed by atoms with Gasteiger partial charge in [0.15, 0.2) is 6.29 Å². The second-order valence-electron chi connectivity index (χ2n) is 9.72. The molecule has 2 rings (SSSR count). The standard InChI is InChI=1S/C21H38O3/c1-8-21(14(2)3,13-20(5,6)7)19(22)24-15(4)23-18-12-16-9-10-17(18)11-16/h14-18H,8-13H2,1-7H3. The Morgan fingerprint density at radius 1 is 1.12 bits per heavy atom. The fourth-order valence-electron chi connectivity index (χ4n) is 5.03. The molecule has 2 saturated carbocycles. The molecule has 0 spiro atoms. The summed E-state index contributed by atoms with van der Waals surface area (Å²) >= 11 is 0. The Bertz CT molecular complexity index is 437. The van der Waals surface area contributed by atoms with Gasteiger partial charge >= 0.3 is 5.97 Å². The zero-order chi connectivity index (χ0) is 18.1. The van der Waals surface area contributed by atoms with Crippen LogP contribution in [-0.4, -0.2) is 18.4 Å². The van der Waals surface area contributed by atoms with Gasteiger partial charge in [0.2, 0.25) is 0 Å². The van der Waals surface area contributed by atoms with Crippen LogP contribution in [0, 0.1) is 28.6 Å². The Hall–Kier alpha value is -0.570. The van der Waals surface area contributed by atoms with Gasteiger partial charge in [-0.1, -0.05) is 41.5 Å². The maximum Gasteiger partial charge on any atom is 0.314 e. The molecule has 0 N–H and O–H groups in total. The highest BCUT2D eigenvalue weighted by Crippen LogP contribution is 2.47. The average molecular weight is 339 g/mol. The summed E-state index contributed by atoms with van der Waals surface area (Å²) in [4.78, 5) is 13.1. The van der Waals surface area contributed by atoms with Gasteiger partial charge in [-0.2, -0.15) is 0 Å². The largest absolute Gasteiger partial charge is 0.436 e. The van der Waals surface area contributed by atoms with Gasteiger partial charge in [-0.15, -0.1) is 0 Å². The summed E-state index contributed by atoms with van der Waals surface area (Å²) in [5.74, 6) is 1.70. The normalized spacial score (nSPS) is 30.4. The number of carbonyl (C=O) groups is 1. The molecule has 2 aliphatic rings. The van der Waals surface area contributed by atoms with Crippen molar-refractivity contribution in [3.05, 3.63) is 0 Å². The van der Waals surface area contributed by atoms with Crippen LogP contribution in [0.4, 0.5) is 0 Å². The Kier molecular flexibility index (Phi) is 6.05. The summed E-state index contributed by atoms with van der Waals surface area (Å²) in [5.41, 5.74) is -0.335. The summed E-state index contributed by atoms with van der Waals surface area (Å²) in [5, 5.41) is 0. The molecule has 5 unspecified atom stereocenters. The van der Waals surface area contributed by atoms with Crippen LogP contribution in [0.1, 0.15) is 87.0 Å². The second-order valence-corrected chi connectivity index (χ2v) is 9.72. The molecule has 24 heavy (non-hydrogen) atoms. The fourth-order valence-corrected chi connectivity index (χ4v) is 5.03. The smallest absolute Gasteiger partial charge is 0.314 e. The summed E-state index contributed by atoms with van der Waals surface area (Å²) in [6.45, 7) is 14.9. The van der Waals surface area contributed by atoms with Crippen molar-refractivity contribution in [2.75, 3.05) is 0 Å². The third-order valence-corrected chi connectivity index (χ3v) is 6.30. The van der Waals surface area contributed by atoms with Gasteiger partial charge in [-0.25, -0.2) is 0 Å². The minimum absolute atomic E-state index is 0.0782. The van der Waals surface area contributed by atoms with Crippen LogP contribution in [0.25, 0.3) is 0 Å². The molecule has 0 aliphatic heterocycles. The molecule has 5 atom stereocenters. The van der Waals surface area contributed by atoms with Crippen molar-refractivity contribution in [1.82, 2.24) is 0 Å². The van der Waals surface area contributed by atoms with E-state index in [4.69, 9.17) is 9.47 Å². The molecule has 2 aliphatic carbocycles. The van der Waals surface area contributed by atoms with E-state index in [2.05, 4.69) is 41.5 Å². The van der Waals surface area contributed by atoms with E-state index >= 15 is 0 Å². The number of hydrogen-bond acceptors (Lipinski definition) is 3. The van der Waals surface area contributed by atoms with E-state index in [1.165, 1.54) is 19.3 Å². The number of esters is 1. The van der Waals surface area contributed by atoms with Gasteiger partial charge in [0, 0.05) is 0 Å². The van der Waals surface area contributed by atoms with Crippen LogP contribution in [0.5, 0.6) is 0 Å². The van der Waals surface area contributed by atoms with E-state index in [9.17, 15) is 4.79 Å². The SMILES string of the molecule is CCC(CC(C)(C)C)(C(=O)OC(C)OC1CC2CCC1C2)C(C)C. The van der Waals surface area contributed by atoms with Crippen molar-refractivity contribution in [3.63, 3.8) is 0 Å². The minimum Gasteiger partial charge on any atom is -0.436 e. The predicted molar refractivity (Wildman–Crippen MR) is 97.5 cm³/mol. The Balaban J connectivity index is 1.98. The first-order valence-electron chi connectivity index (χ1n) is 9.94. The van der Waals surface area contributed by atoms with Gasteiger partial charge in [-0.05, 0) is 68.6 Å². The Labute approximate surface area is 148 Å². The molecule has 2 bridgehead atoms. The lowest BCUT2D eigenvalue weighted by Gasteiger charge is -2.40. The molecule has 0 amide bonds. The molecule has 0 aromatic heterocycles. The lowest BCUT2D eigenvalue weighted by atomic mass is 9.66. The molecule has 140 valence electrons. The molecule has 0 aromatic carbocycles. The number of hydrogen-bond donors (Lipinski definition) is 0. The maximum atomic E-state index is 13.1. The highest BCUT2D eigenvalue weighted by molar-refractivity contribution is 5.77. The summed E-state index contributed by atoms with van der Waals surface area (Å²) in [6.07, 6.45) is 6.60. The van der Waals surface area contributed by atoms with Crippen molar-refractivity contribution < 1.29 is 14.3 Å².